The minimum absolute atomic E-state index is 0.390. The Kier molecular flexibility index (Phi) is 6.19. The highest BCUT2D eigenvalue weighted by Crippen LogP contribution is 2.19. The van der Waals surface area contributed by atoms with Crippen LogP contribution in [0.3, 0.4) is 0 Å². The molecule has 0 aromatic heterocycles. The van der Waals surface area contributed by atoms with Crippen LogP contribution in [0.1, 0.15) is 30.0 Å². The van der Waals surface area contributed by atoms with Crippen molar-refractivity contribution >= 4 is 10.2 Å². The summed E-state index contributed by atoms with van der Waals surface area (Å²) < 4.78 is 28.0. The fraction of sp³-hybridized carbons (Fsp3) is 0.647. The first kappa shape index (κ1) is 18.4. The van der Waals surface area contributed by atoms with Gasteiger partial charge in [-0.05, 0) is 49.4 Å². The number of likely N-dealkylation sites (tertiary alicyclic amines) is 1. The van der Waals surface area contributed by atoms with Gasteiger partial charge in [0, 0.05) is 33.2 Å². The molecule has 0 spiro atoms. The van der Waals surface area contributed by atoms with Gasteiger partial charge in [0.1, 0.15) is 0 Å². The molecule has 0 unspecified atom stereocenters. The van der Waals surface area contributed by atoms with Gasteiger partial charge in [0.2, 0.25) is 0 Å². The summed E-state index contributed by atoms with van der Waals surface area (Å²) in [5.74, 6) is 0.390. The van der Waals surface area contributed by atoms with E-state index in [9.17, 15) is 8.42 Å². The molecule has 1 saturated heterocycles. The van der Waals surface area contributed by atoms with E-state index in [2.05, 4.69) is 41.7 Å². The molecule has 1 aromatic rings. The fourth-order valence-electron chi connectivity index (χ4n) is 2.89. The van der Waals surface area contributed by atoms with Gasteiger partial charge in [-0.3, -0.25) is 4.90 Å². The van der Waals surface area contributed by atoms with Crippen molar-refractivity contribution in [2.75, 3.05) is 33.2 Å². The third-order valence-corrected chi connectivity index (χ3v) is 6.37. The molecule has 1 aliphatic rings. The van der Waals surface area contributed by atoms with E-state index in [1.54, 1.807) is 7.05 Å². The standard InChI is InChI=1S/C17H29N3O2S/c1-5-19(4)23(21,22)18-11-17-8-9-20(13-17)12-16-7-6-14(2)15(3)10-16/h6-7,10,17-18H,5,8-9,11-13H2,1-4H3/t17-/m0/s1. The molecule has 23 heavy (non-hydrogen) atoms. The minimum atomic E-state index is -3.32. The van der Waals surface area contributed by atoms with Gasteiger partial charge in [-0.1, -0.05) is 25.1 Å². The van der Waals surface area contributed by atoms with Gasteiger partial charge in [0.25, 0.3) is 10.2 Å². The molecule has 1 fully saturated rings. The monoisotopic (exact) mass is 339 g/mol. The van der Waals surface area contributed by atoms with E-state index >= 15 is 0 Å². The molecule has 5 nitrogen and oxygen atoms in total. The first-order valence-electron chi connectivity index (χ1n) is 8.31. The summed E-state index contributed by atoms with van der Waals surface area (Å²) in [5, 5.41) is 0. The molecule has 1 heterocycles. The molecule has 2 rings (SSSR count). The van der Waals surface area contributed by atoms with Gasteiger partial charge in [0.15, 0.2) is 0 Å². The Hall–Kier alpha value is -0.950. The predicted octanol–water partition coefficient (Wildman–Crippen LogP) is 1.91. The SMILES string of the molecule is CCN(C)S(=O)(=O)NC[C@@H]1CCN(Cc2ccc(C)c(C)c2)C1. The molecule has 1 atom stereocenters. The maximum atomic E-state index is 12.0. The minimum Gasteiger partial charge on any atom is -0.299 e. The average Bonchev–Trinajstić information content (AvgIpc) is 2.96. The zero-order valence-electron chi connectivity index (χ0n) is 14.7. The van der Waals surface area contributed by atoms with E-state index in [0.29, 0.717) is 19.0 Å². The molecule has 0 radical (unpaired) electrons. The topological polar surface area (TPSA) is 52.7 Å². The second kappa shape index (κ2) is 7.75. The highest BCUT2D eigenvalue weighted by atomic mass is 32.2. The van der Waals surface area contributed by atoms with Crippen LogP contribution in [0.2, 0.25) is 0 Å². The van der Waals surface area contributed by atoms with Gasteiger partial charge in [-0.2, -0.15) is 12.7 Å². The van der Waals surface area contributed by atoms with Crippen LogP contribution < -0.4 is 4.72 Å². The zero-order chi connectivity index (χ0) is 17.0. The van der Waals surface area contributed by atoms with E-state index < -0.39 is 10.2 Å². The molecule has 0 amide bonds. The highest BCUT2D eigenvalue weighted by Gasteiger charge is 2.25. The lowest BCUT2D eigenvalue weighted by atomic mass is 10.1. The number of hydrogen-bond acceptors (Lipinski definition) is 3. The van der Waals surface area contributed by atoms with Crippen molar-refractivity contribution in [3.8, 4) is 0 Å². The first-order valence-corrected chi connectivity index (χ1v) is 9.75. The van der Waals surface area contributed by atoms with Crippen molar-refractivity contribution in [3.63, 3.8) is 0 Å². The number of hydrogen-bond donors (Lipinski definition) is 1. The molecular formula is C17H29N3O2S. The lowest BCUT2D eigenvalue weighted by Crippen LogP contribution is -2.40. The third kappa shape index (κ3) is 5.01. The average molecular weight is 340 g/mol. The quantitative estimate of drug-likeness (QED) is 0.826. The van der Waals surface area contributed by atoms with Gasteiger partial charge in [0.05, 0.1) is 0 Å². The predicted molar refractivity (Wildman–Crippen MR) is 94.5 cm³/mol. The second-order valence-corrected chi connectivity index (χ2v) is 8.44. The van der Waals surface area contributed by atoms with Crippen LogP contribution in [-0.4, -0.2) is 50.8 Å². The summed E-state index contributed by atoms with van der Waals surface area (Å²) in [5.41, 5.74) is 3.98. The molecule has 0 saturated carbocycles. The number of benzene rings is 1. The number of rotatable bonds is 7. The highest BCUT2D eigenvalue weighted by molar-refractivity contribution is 7.87. The molecular weight excluding hydrogens is 310 g/mol. The van der Waals surface area contributed by atoms with Crippen molar-refractivity contribution in [1.29, 1.82) is 0 Å². The van der Waals surface area contributed by atoms with Gasteiger partial charge < -0.3 is 0 Å². The number of nitrogens with one attached hydrogen (secondary N) is 1. The Labute approximate surface area is 140 Å². The molecule has 1 aliphatic heterocycles. The molecule has 130 valence electrons. The fourth-order valence-corrected chi connectivity index (χ4v) is 3.89. The van der Waals surface area contributed by atoms with E-state index in [4.69, 9.17) is 0 Å². The zero-order valence-corrected chi connectivity index (χ0v) is 15.5. The number of nitrogens with zero attached hydrogens (tertiary/aromatic N) is 2. The van der Waals surface area contributed by atoms with Crippen molar-refractivity contribution in [2.45, 2.75) is 33.7 Å². The van der Waals surface area contributed by atoms with Crippen molar-refractivity contribution in [3.05, 3.63) is 34.9 Å². The maximum absolute atomic E-state index is 12.0. The van der Waals surface area contributed by atoms with Gasteiger partial charge >= 0.3 is 0 Å². The lowest BCUT2D eigenvalue weighted by molar-refractivity contribution is 0.316. The molecule has 0 aliphatic carbocycles. The van der Waals surface area contributed by atoms with Crippen molar-refractivity contribution in [2.24, 2.45) is 5.92 Å². The molecule has 1 aromatic carbocycles. The summed E-state index contributed by atoms with van der Waals surface area (Å²) in [6, 6.07) is 6.61. The lowest BCUT2D eigenvalue weighted by Gasteiger charge is -2.19. The maximum Gasteiger partial charge on any atom is 0.279 e. The Morgan fingerprint density at radius 2 is 2.04 bits per heavy atom. The molecule has 1 N–H and O–H groups in total. The molecule has 6 heteroatoms. The van der Waals surface area contributed by atoms with Crippen molar-refractivity contribution in [1.82, 2.24) is 13.9 Å². The van der Waals surface area contributed by atoms with Crippen LogP contribution in [0.15, 0.2) is 18.2 Å². The van der Waals surface area contributed by atoms with Crippen LogP contribution in [0.4, 0.5) is 0 Å². The second-order valence-electron chi connectivity index (χ2n) is 6.58. The van der Waals surface area contributed by atoms with Crippen LogP contribution in [0, 0.1) is 19.8 Å². The summed E-state index contributed by atoms with van der Waals surface area (Å²) in [6.45, 7) is 10.0. The summed E-state index contributed by atoms with van der Waals surface area (Å²) in [4.78, 5) is 2.41. The van der Waals surface area contributed by atoms with Crippen molar-refractivity contribution < 1.29 is 8.42 Å². The van der Waals surface area contributed by atoms with Gasteiger partial charge in [-0.15, -0.1) is 0 Å². The Morgan fingerprint density at radius 1 is 1.30 bits per heavy atom. The third-order valence-electron chi connectivity index (χ3n) is 4.76. The van der Waals surface area contributed by atoms with Crippen LogP contribution >= 0.6 is 0 Å². The Bertz CT molecular complexity index is 631. The summed E-state index contributed by atoms with van der Waals surface area (Å²) in [6.07, 6.45) is 1.04. The smallest absolute Gasteiger partial charge is 0.279 e. The van der Waals surface area contributed by atoms with Crippen LogP contribution in [-0.2, 0) is 16.8 Å². The summed E-state index contributed by atoms with van der Waals surface area (Å²) >= 11 is 0. The normalized spacial score (nSPS) is 19.6. The Balaban J connectivity index is 1.83. The largest absolute Gasteiger partial charge is 0.299 e. The Morgan fingerprint density at radius 3 is 2.70 bits per heavy atom. The van der Waals surface area contributed by atoms with E-state index in [0.717, 1.165) is 26.1 Å². The summed E-state index contributed by atoms with van der Waals surface area (Å²) in [7, 11) is -1.72. The van der Waals surface area contributed by atoms with E-state index in [-0.39, 0.29) is 0 Å². The first-order chi connectivity index (χ1) is 10.8. The van der Waals surface area contributed by atoms with E-state index in [1.807, 2.05) is 6.92 Å². The van der Waals surface area contributed by atoms with Crippen LogP contribution in [0.25, 0.3) is 0 Å². The van der Waals surface area contributed by atoms with E-state index in [1.165, 1.54) is 21.0 Å². The van der Waals surface area contributed by atoms with Crippen LogP contribution in [0.5, 0.6) is 0 Å². The molecule has 0 bridgehead atoms. The number of aryl methyl sites for hydroxylation is 2. The van der Waals surface area contributed by atoms with Gasteiger partial charge in [-0.25, -0.2) is 4.72 Å².